The quantitative estimate of drug-likeness (QED) is 0.768. The van der Waals surface area contributed by atoms with E-state index in [1.54, 1.807) is 24.3 Å². The number of benzene rings is 2. The molecule has 1 amide bonds. The Kier molecular flexibility index (Phi) is 3.81. The highest BCUT2D eigenvalue weighted by Crippen LogP contribution is 2.42. The van der Waals surface area contributed by atoms with Gasteiger partial charge in [-0.2, -0.15) is 0 Å². The van der Waals surface area contributed by atoms with E-state index in [9.17, 15) is 14.0 Å². The number of amides is 1. The van der Waals surface area contributed by atoms with Crippen molar-refractivity contribution in [2.24, 2.45) is 0 Å². The number of hydrogen-bond donors (Lipinski definition) is 0. The molecule has 0 aliphatic carbocycles. The Labute approximate surface area is 148 Å². The van der Waals surface area contributed by atoms with E-state index in [0.29, 0.717) is 22.0 Å². The largest absolute Gasteiger partial charge is 0.456 e. The van der Waals surface area contributed by atoms with E-state index in [0.717, 1.165) is 5.56 Å². The fourth-order valence-electron chi connectivity index (χ4n) is 3.38. The fraction of sp³-hybridized carbons (Fsp3) is 0.158. The van der Waals surface area contributed by atoms with Crippen molar-refractivity contribution in [3.05, 3.63) is 76.2 Å². The van der Waals surface area contributed by atoms with Gasteiger partial charge in [-0.15, -0.1) is 0 Å². The molecule has 6 heteroatoms. The van der Waals surface area contributed by atoms with Gasteiger partial charge in [0.1, 0.15) is 12.4 Å². The van der Waals surface area contributed by atoms with E-state index in [2.05, 4.69) is 0 Å². The van der Waals surface area contributed by atoms with Crippen molar-refractivity contribution < 1.29 is 18.7 Å². The van der Waals surface area contributed by atoms with Gasteiger partial charge < -0.3 is 4.74 Å². The van der Waals surface area contributed by atoms with Gasteiger partial charge in [0.25, 0.3) is 0 Å². The van der Waals surface area contributed by atoms with Crippen molar-refractivity contribution in [1.29, 1.82) is 0 Å². The summed E-state index contributed by atoms with van der Waals surface area (Å²) < 4.78 is 18.8. The monoisotopic (exact) mass is 357 g/mol. The summed E-state index contributed by atoms with van der Waals surface area (Å²) in [5.74, 6) is -1.53. The van der Waals surface area contributed by atoms with Gasteiger partial charge >= 0.3 is 5.97 Å². The molecule has 0 fully saturated rings. The fourth-order valence-corrected chi connectivity index (χ4v) is 3.58. The lowest BCUT2D eigenvalue weighted by Crippen LogP contribution is -2.37. The predicted molar refractivity (Wildman–Crippen MR) is 90.7 cm³/mol. The first-order chi connectivity index (χ1) is 12.0. The highest BCUT2D eigenvalue weighted by atomic mass is 35.5. The summed E-state index contributed by atoms with van der Waals surface area (Å²) in [4.78, 5) is 26.5. The van der Waals surface area contributed by atoms with E-state index >= 15 is 0 Å². The molecule has 2 aromatic carbocycles. The summed E-state index contributed by atoms with van der Waals surface area (Å²) in [6.07, 6.45) is 0.0881. The smallest absolute Gasteiger partial charge is 0.336 e. The number of nitrogens with zero attached hydrogens (tertiary/aromatic N) is 1. The number of ether oxygens (including phenoxy) is 1. The van der Waals surface area contributed by atoms with Gasteiger partial charge in [0.2, 0.25) is 5.91 Å². The Morgan fingerprint density at radius 1 is 1.12 bits per heavy atom. The van der Waals surface area contributed by atoms with E-state index < -0.39 is 17.7 Å². The SMILES string of the molecule is O=C1OCC2=C1C(c1cccc(Cl)c1)CC(=O)N2c1cccc(F)c1. The van der Waals surface area contributed by atoms with Crippen molar-refractivity contribution in [2.45, 2.75) is 12.3 Å². The molecule has 2 heterocycles. The first kappa shape index (κ1) is 15.8. The van der Waals surface area contributed by atoms with Gasteiger partial charge in [-0.1, -0.05) is 29.8 Å². The van der Waals surface area contributed by atoms with E-state index in [-0.39, 0.29) is 18.9 Å². The Morgan fingerprint density at radius 3 is 2.68 bits per heavy atom. The van der Waals surface area contributed by atoms with Crippen LogP contribution in [0.15, 0.2) is 59.8 Å². The Morgan fingerprint density at radius 2 is 1.92 bits per heavy atom. The molecular weight excluding hydrogens is 345 g/mol. The molecule has 2 aliphatic rings. The molecule has 0 saturated carbocycles. The number of cyclic esters (lactones) is 1. The van der Waals surface area contributed by atoms with Crippen LogP contribution in [0.25, 0.3) is 0 Å². The third-order valence-electron chi connectivity index (χ3n) is 4.43. The number of carbonyl (C=O) groups is 2. The maximum atomic E-state index is 13.6. The molecule has 1 unspecified atom stereocenters. The first-order valence-electron chi connectivity index (χ1n) is 7.79. The summed E-state index contributed by atoms with van der Waals surface area (Å²) in [7, 11) is 0. The van der Waals surface area contributed by atoms with Crippen molar-refractivity contribution in [1.82, 2.24) is 0 Å². The molecule has 2 aromatic rings. The van der Waals surface area contributed by atoms with Crippen LogP contribution < -0.4 is 4.90 Å². The second-order valence-corrected chi connectivity index (χ2v) is 6.39. The molecule has 0 radical (unpaired) electrons. The maximum Gasteiger partial charge on any atom is 0.336 e. The lowest BCUT2D eigenvalue weighted by Gasteiger charge is -2.31. The average Bonchev–Trinajstić information content (AvgIpc) is 2.96. The average molecular weight is 358 g/mol. The van der Waals surface area contributed by atoms with E-state index in [4.69, 9.17) is 16.3 Å². The van der Waals surface area contributed by atoms with Crippen LogP contribution in [-0.2, 0) is 14.3 Å². The molecule has 0 bridgehead atoms. The van der Waals surface area contributed by atoms with Gasteiger partial charge in [0.05, 0.1) is 17.0 Å². The summed E-state index contributed by atoms with van der Waals surface area (Å²) in [6, 6.07) is 12.8. The van der Waals surface area contributed by atoms with Crippen LogP contribution >= 0.6 is 11.6 Å². The number of esters is 1. The molecule has 4 nitrogen and oxygen atoms in total. The van der Waals surface area contributed by atoms with Gasteiger partial charge in [0, 0.05) is 17.4 Å². The van der Waals surface area contributed by atoms with Gasteiger partial charge in [-0.05, 0) is 35.9 Å². The number of anilines is 1. The molecule has 0 saturated heterocycles. The Bertz CT molecular complexity index is 924. The minimum Gasteiger partial charge on any atom is -0.456 e. The third-order valence-corrected chi connectivity index (χ3v) is 4.67. The van der Waals surface area contributed by atoms with Crippen LogP contribution in [0.3, 0.4) is 0 Å². The Balaban J connectivity index is 1.84. The zero-order valence-corrected chi connectivity index (χ0v) is 13.8. The highest BCUT2D eigenvalue weighted by Gasteiger charge is 2.43. The zero-order valence-electron chi connectivity index (χ0n) is 13.0. The van der Waals surface area contributed by atoms with Crippen LogP contribution in [-0.4, -0.2) is 18.5 Å². The molecule has 1 atom stereocenters. The number of hydrogen-bond acceptors (Lipinski definition) is 3. The highest BCUT2D eigenvalue weighted by molar-refractivity contribution is 6.30. The minimum absolute atomic E-state index is 0.00646. The topological polar surface area (TPSA) is 46.6 Å². The molecule has 126 valence electrons. The lowest BCUT2D eigenvalue weighted by molar-refractivity contribution is -0.136. The van der Waals surface area contributed by atoms with Crippen molar-refractivity contribution in [2.75, 3.05) is 11.5 Å². The molecule has 2 aliphatic heterocycles. The number of halogens is 2. The number of rotatable bonds is 2. The van der Waals surface area contributed by atoms with Gasteiger partial charge in [-0.25, -0.2) is 9.18 Å². The second kappa shape index (κ2) is 6.01. The molecule has 0 spiro atoms. The zero-order chi connectivity index (χ0) is 17.6. The Hall–Kier alpha value is -2.66. The van der Waals surface area contributed by atoms with E-state index in [1.807, 2.05) is 6.07 Å². The van der Waals surface area contributed by atoms with Gasteiger partial charge in [-0.3, -0.25) is 9.69 Å². The normalized spacial score (nSPS) is 19.9. The van der Waals surface area contributed by atoms with Crippen LogP contribution in [0, 0.1) is 5.82 Å². The van der Waals surface area contributed by atoms with Crippen molar-refractivity contribution >= 4 is 29.2 Å². The summed E-state index contributed by atoms with van der Waals surface area (Å²) in [6.45, 7) is -0.00646. The van der Waals surface area contributed by atoms with E-state index in [1.165, 1.54) is 23.1 Å². The first-order valence-corrected chi connectivity index (χ1v) is 8.16. The standard InChI is InChI=1S/C19H13ClFNO3/c20-12-4-1-3-11(7-12)15-9-17(23)22(14-6-2-5-13(21)8-14)16-10-25-19(24)18(15)16/h1-8,15H,9-10H2. The van der Waals surface area contributed by atoms with Crippen LogP contribution in [0.1, 0.15) is 17.9 Å². The second-order valence-electron chi connectivity index (χ2n) is 5.96. The molecule has 25 heavy (non-hydrogen) atoms. The van der Waals surface area contributed by atoms with Gasteiger partial charge in [0.15, 0.2) is 0 Å². The van der Waals surface area contributed by atoms with Crippen molar-refractivity contribution in [3.8, 4) is 0 Å². The predicted octanol–water partition coefficient (Wildman–Crippen LogP) is 3.81. The van der Waals surface area contributed by atoms with Crippen LogP contribution in [0.5, 0.6) is 0 Å². The lowest BCUT2D eigenvalue weighted by atomic mass is 9.84. The minimum atomic E-state index is -0.450. The van der Waals surface area contributed by atoms with Crippen LogP contribution in [0.4, 0.5) is 10.1 Å². The third kappa shape index (κ3) is 2.70. The summed E-state index contributed by atoms with van der Waals surface area (Å²) >= 11 is 6.05. The molecule has 4 rings (SSSR count). The molecular formula is C19H13ClFNO3. The summed E-state index contributed by atoms with van der Waals surface area (Å²) in [5.41, 5.74) is 2.08. The van der Waals surface area contributed by atoms with Crippen molar-refractivity contribution in [3.63, 3.8) is 0 Å². The number of carbonyl (C=O) groups excluding carboxylic acids is 2. The summed E-state index contributed by atoms with van der Waals surface area (Å²) in [5, 5.41) is 0.533. The van der Waals surface area contributed by atoms with Crippen LogP contribution in [0.2, 0.25) is 5.02 Å². The maximum absolute atomic E-state index is 13.6. The molecule has 0 N–H and O–H groups in total. The molecule has 0 aromatic heterocycles.